The van der Waals surface area contributed by atoms with Crippen LogP contribution in [0.5, 0.6) is 0 Å². The molecular weight excluding hydrogens is 250 g/mol. The Morgan fingerprint density at radius 1 is 1.16 bits per heavy atom. The highest BCUT2D eigenvalue weighted by Gasteiger charge is 2.22. The third-order valence-corrected chi connectivity index (χ3v) is 2.58. The number of carbonyl (C=O) groups is 3. The van der Waals surface area contributed by atoms with Gasteiger partial charge in [0.2, 0.25) is 0 Å². The Balaban J connectivity index is 3.15. The van der Waals surface area contributed by atoms with Crippen LogP contribution in [0, 0.1) is 6.92 Å². The van der Waals surface area contributed by atoms with Crippen LogP contribution in [0.3, 0.4) is 0 Å². The fourth-order valence-corrected chi connectivity index (χ4v) is 1.82. The summed E-state index contributed by atoms with van der Waals surface area (Å²) < 4.78 is 9.75. The topological polar surface area (TPSA) is 85.5 Å². The van der Waals surface area contributed by atoms with Crippen LogP contribution in [-0.2, 0) is 20.9 Å². The minimum atomic E-state index is -0.531. The Labute approximate surface area is 111 Å². The molecule has 0 radical (unpaired) electrons. The lowest BCUT2D eigenvalue weighted by molar-refractivity contribution is -0.142. The number of Topliss-reactive ketones (excluding diaryl/α,β-unsaturated/α-hetero) is 1. The monoisotopic (exact) mass is 267 g/mol. The number of rotatable bonds is 5. The number of aromatic nitrogens is 1. The Kier molecular flexibility index (Phi) is 4.86. The van der Waals surface area contributed by atoms with Crippen LogP contribution >= 0.6 is 0 Å². The van der Waals surface area contributed by atoms with E-state index in [0.29, 0.717) is 16.8 Å². The number of aromatic amines is 1. The molecule has 0 aliphatic rings. The second kappa shape index (κ2) is 6.17. The molecule has 6 heteroatoms. The zero-order chi connectivity index (χ0) is 14.6. The van der Waals surface area contributed by atoms with E-state index in [1.54, 1.807) is 13.8 Å². The van der Waals surface area contributed by atoms with Crippen molar-refractivity contribution in [3.05, 3.63) is 22.5 Å². The average Bonchev–Trinajstić information content (AvgIpc) is 2.64. The first-order chi connectivity index (χ1) is 8.88. The molecule has 0 aromatic carbocycles. The van der Waals surface area contributed by atoms with Crippen molar-refractivity contribution in [1.82, 2.24) is 4.98 Å². The predicted octanol–water partition coefficient (Wildman–Crippen LogP) is 1.77. The summed E-state index contributed by atoms with van der Waals surface area (Å²) in [7, 11) is 0. The number of ether oxygens (including phenoxy) is 2. The Bertz CT molecular complexity index is 515. The molecule has 0 spiro atoms. The Morgan fingerprint density at radius 3 is 2.26 bits per heavy atom. The molecule has 0 fully saturated rings. The van der Waals surface area contributed by atoms with Crippen LogP contribution in [-0.4, -0.2) is 29.3 Å². The number of hydrogen-bond acceptors (Lipinski definition) is 5. The maximum absolute atomic E-state index is 11.7. The van der Waals surface area contributed by atoms with Crippen LogP contribution in [0.2, 0.25) is 0 Å². The lowest BCUT2D eigenvalue weighted by atomic mass is 10.1. The van der Waals surface area contributed by atoms with E-state index in [2.05, 4.69) is 4.98 Å². The van der Waals surface area contributed by atoms with Crippen LogP contribution in [0.25, 0.3) is 0 Å². The van der Waals surface area contributed by atoms with Crippen molar-refractivity contribution in [1.29, 1.82) is 0 Å². The van der Waals surface area contributed by atoms with Gasteiger partial charge in [0.1, 0.15) is 12.3 Å². The van der Waals surface area contributed by atoms with Gasteiger partial charge in [-0.25, -0.2) is 4.79 Å². The summed E-state index contributed by atoms with van der Waals surface area (Å²) in [6.07, 6.45) is 0. The molecule has 6 nitrogen and oxygen atoms in total. The van der Waals surface area contributed by atoms with Gasteiger partial charge in [-0.2, -0.15) is 0 Å². The minimum Gasteiger partial charge on any atom is -0.461 e. The van der Waals surface area contributed by atoms with Gasteiger partial charge in [-0.1, -0.05) is 0 Å². The molecule has 0 unspecified atom stereocenters. The van der Waals surface area contributed by atoms with Gasteiger partial charge in [0.25, 0.3) is 0 Å². The standard InChI is InChI=1S/C13H17NO5/c1-5-18-13(17)12-7(2)11(8(3)15)10(14-12)6-19-9(4)16/h14H,5-6H2,1-4H3. The highest BCUT2D eigenvalue weighted by atomic mass is 16.5. The molecule has 104 valence electrons. The van der Waals surface area contributed by atoms with Gasteiger partial charge in [-0.15, -0.1) is 0 Å². The van der Waals surface area contributed by atoms with Crippen molar-refractivity contribution in [2.75, 3.05) is 6.61 Å². The molecule has 0 saturated carbocycles. The van der Waals surface area contributed by atoms with E-state index in [-0.39, 0.29) is 24.7 Å². The fraction of sp³-hybridized carbons (Fsp3) is 0.462. The Hall–Kier alpha value is -2.11. The van der Waals surface area contributed by atoms with Crippen molar-refractivity contribution >= 4 is 17.7 Å². The molecule has 1 aromatic heterocycles. The molecule has 0 amide bonds. The van der Waals surface area contributed by atoms with E-state index in [4.69, 9.17) is 9.47 Å². The molecule has 0 bridgehead atoms. The van der Waals surface area contributed by atoms with E-state index in [1.807, 2.05) is 0 Å². The largest absolute Gasteiger partial charge is 0.461 e. The molecule has 0 aliphatic carbocycles. The van der Waals surface area contributed by atoms with Crippen LogP contribution in [0.15, 0.2) is 0 Å². The molecule has 1 aromatic rings. The molecule has 1 heterocycles. The molecule has 19 heavy (non-hydrogen) atoms. The second-order valence-corrected chi connectivity index (χ2v) is 4.04. The number of ketones is 1. The van der Waals surface area contributed by atoms with Crippen molar-refractivity contribution in [3.63, 3.8) is 0 Å². The summed E-state index contributed by atoms with van der Waals surface area (Å²) in [6, 6.07) is 0. The molecule has 0 aliphatic heterocycles. The lowest BCUT2D eigenvalue weighted by Crippen LogP contribution is -2.07. The van der Waals surface area contributed by atoms with E-state index in [0.717, 1.165) is 0 Å². The quantitative estimate of drug-likeness (QED) is 0.649. The van der Waals surface area contributed by atoms with Gasteiger partial charge in [-0.3, -0.25) is 9.59 Å². The summed E-state index contributed by atoms with van der Waals surface area (Å²) in [5, 5.41) is 0. The van der Waals surface area contributed by atoms with Gasteiger partial charge in [-0.05, 0) is 26.3 Å². The third kappa shape index (κ3) is 3.43. The minimum absolute atomic E-state index is 0.0789. The third-order valence-electron chi connectivity index (χ3n) is 2.58. The number of H-pyrrole nitrogens is 1. The van der Waals surface area contributed by atoms with Crippen LogP contribution in [0.4, 0.5) is 0 Å². The number of esters is 2. The van der Waals surface area contributed by atoms with Crippen molar-refractivity contribution < 1.29 is 23.9 Å². The maximum Gasteiger partial charge on any atom is 0.355 e. The van der Waals surface area contributed by atoms with E-state index in [9.17, 15) is 14.4 Å². The first kappa shape index (κ1) is 14.9. The number of carbonyl (C=O) groups excluding carboxylic acids is 3. The first-order valence-corrected chi connectivity index (χ1v) is 5.91. The highest BCUT2D eigenvalue weighted by Crippen LogP contribution is 2.20. The SMILES string of the molecule is CCOC(=O)c1[nH]c(COC(C)=O)c(C(C)=O)c1C. The van der Waals surface area contributed by atoms with Crippen LogP contribution < -0.4 is 0 Å². The molecule has 1 N–H and O–H groups in total. The second-order valence-electron chi connectivity index (χ2n) is 4.04. The van der Waals surface area contributed by atoms with Gasteiger partial charge < -0.3 is 14.5 Å². The van der Waals surface area contributed by atoms with E-state index >= 15 is 0 Å². The summed E-state index contributed by atoms with van der Waals surface area (Å²) in [6.45, 7) is 6.17. The van der Waals surface area contributed by atoms with E-state index in [1.165, 1.54) is 13.8 Å². The van der Waals surface area contributed by atoms with Gasteiger partial charge in [0.15, 0.2) is 5.78 Å². The fourth-order valence-electron chi connectivity index (χ4n) is 1.82. The summed E-state index contributed by atoms with van der Waals surface area (Å²) >= 11 is 0. The normalized spacial score (nSPS) is 10.1. The van der Waals surface area contributed by atoms with Gasteiger partial charge in [0, 0.05) is 12.5 Å². The van der Waals surface area contributed by atoms with Crippen molar-refractivity contribution in [3.8, 4) is 0 Å². The first-order valence-electron chi connectivity index (χ1n) is 5.91. The smallest absolute Gasteiger partial charge is 0.355 e. The highest BCUT2D eigenvalue weighted by molar-refractivity contribution is 6.01. The molecular formula is C13H17NO5. The van der Waals surface area contributed by atoms with Crippen LogP contribution in [0.1, 0.15) is 52.9 Å². The Morgan fingerprint density at radius 2 is 1.79 bits per heavy atom. The summed E-state index contributed by atoms with van der Waals surface area (Å²) in [5.41, 5.74) is 1.50. The number of nitrogens with one attached hydrogen (secondary N) is 1. The lowest BCUT2D eigenvalue weighted by Gasteiger charge is -2.02. The summed E-state index contributed by atoms with van der Waals surface area (Å²) in [5.74, 6) is -1.19. The zero-order valence-corrected chi connectivity index (χ0v) is 11.5. The van der Waals surface area contributed by atoms with E-state index < -0.39 is 11.9 Å². The predicted molar refractivity (Wildman–Crippen MR) is 67.0 cm³/mol. The van der Waals surface area contributed by atoms with Gasteiger partial charge >= 0.3 is 11.9 Å². The summed E-state index contributed by atoms with van der Waals surface area (Å²) in [4.78, 5) is 36.9. The molecule has 0 saturated heterocycles. The average molecular weight is 267 g/mol. The molecule has 0 atom stereocenters. The van der Waals surface area contributed by atoms with Crippen molar-refractivity contribution in [2.24, 2.45) is 0 Å². The van der Waals surface area contributed by atoms with Crippen molar-refractivity contribution in [2.45, 2.75) is 34.3 Å². The van der Waals surface area contributed by atoms with Gasteiger partial charge in [0.05, 0.1) is 12.3 Å². The maximum atomic E-state index is 11.7. The number of hydrogen-bond donors (Lipinski definition) is 1. The molecule has 1 rings (SSSR count). The zero-order valence-electron chi connectivity index (χ0n) is 11.5.